The highest BCUT2D eigenvalue weighted by Gasteiger charge is 2.19. The number of unbranched alkanes of at least 4 members (excludes halogenated alkanes) is 19. The van der Waals surface area contributed by atoms with Crippen LogP contribution in [-0.4, -0.2) is 37.2 Å². The van der Waals surface area contributed by atoms with Crippen LogP contribution < -0.4 is 0 Å². The molecule has 0 aliphatic rings. The summed E-state index contributed by atoms with van der Waals surface area (Å²) in [4.78, 5) is 37.6. The third-order valence-corrected chi connectivity index (χ3v) is 9.07. The third kappa shape index (κ3) is 38.6. The van der Waals surface area contributed by atoms with Crippen LogP contribution in [0.1, 0.15) is 207 Å². The summed E-state index contributed by atoms with van der Waals surface area (Å²) in [7, 11) is 0. The molecule has 0 aromatic carbocycles. The van der Waals surface area contributed by atoms with E-state index in [1.807, 2.05) is 0 Å². The molecule has 0 amide bonds. The fourth-order valence-corrected chi connectivity index (χ4v) is 5.80. The molecule has 0 saturated heterocycles. The van der Waals surface area contributed by atoms with E-state index in [4.69, 9.17) is 14.2 Å². The average Bonchev–Trinajstić information content (AvgIpc) is 3.14. The molecule has 6 heteroatoms. The number of rotatable bonds is 38. The van der Waals surface area contributed by atoms with E-state index in [0.717, 1.165) is 70.6 Å². The van der Waals surface area contributed by atoms with Crippen molar-refractivity contribution in [3.05, 3.63) is 48.6 Å². The van der Waals surface area contributed by atoms with Gasteiger partial charge >= 0.3 is 17.9 Å². The molecule has 0 aliphatic carbocycles. The van der Waals surface area contributed by atoms with Crippen LogP contribution in [-0.2, 0) is 28.6 Å². The fraction of sp³-hybridized carbons (Fsp3) is 0.761. The maximum Gasteiger partial charge on any atom is 0.306 e. The van der Waals surface area contributed by atoms with Crippen molar-refractivity contribution in [2.45, 2.75) is 213 Å². The predicted molar refractivity (Wildman–Crippen MR) is 219 cm³/mol. The summed E-state index contributed by atoms with van der Waals surface area (Å²) < 4.78 is 16.6. The Balaban J connectivity index is 4.44. The second kappa shape index (κ2) is 41.1. The van der Waals surface area contributed by atoms with Gasteiger partial charge < -0.3 is 14.2 Å². The Morgan fingerprint density at radius 3 is 1.31 bits per heavy atom. The van der Waals surface area contributed by atoms with Crippen molar-refractivity contribution < 1.29 is 28.6 Å². The molecule has 6 nitrogen and oxygen atoms in total. The molecule has 0 saturated carbocycles. The number of allylic oxidation sites excluding steroid dienone is 8. The van der Waals surface area contributed by atoms with E-state index in [-0.39, 0.29) is 37.5 Å². The molecule has 0 radical (unpaired) electrons. The maximum absolute atomic E-state index is 12.6. The lowest BCUT2D eigenvalue weighted by molar-refractivity contribution is -0.167. The maximum atomic E-state index is 12.6. The van der Waals surface area contributed by atoms with Gasteiger partial charge in [-0.2, -0.15) is 0 Å². The first-order valence-corrected chi connectivity index (χ1v) is 21.6. The first kappa shape index (κ1) is 49.4. The fourth-order valence-electron chi connectivity index (χ4n) is 5.80. The number of carbonyl (C=O) groups is 3. The third-order valence-electron chi connectivity index (χ3n) is 9.07. The smallest absolute Gasteiger partial charge is 0.306 e. The Bertz CT molecular complexity index is 933. The molecule has 0 heterocycles. The molecule has 0 aromatic heterocycles. The second-order valence-corrected chi connectivity index (χ2v) is 14.2. The number of hydrogen-bond acceptors (Lipinski definition) is 6. The van der Waals surface area contributed by atoms with Crippen LogP contribution in [0, 0.1) is 0 Å². The van der Waals surface area contributed by atoms with E-state index in [0.29, 0.717) is 19.3 Å². The van der Waals surface area contributed by atoms with Crippen LogP contribution in [0.25, 0.3) is 0 Å². The van der Waals surface area contributed by atoms with E-state index < -0.39 is 6.10 Å². The predicted octanol–water partition coefficient (Wildman–Crippen LogP) is 13.6. The summed E-state index contributed by atoms with van der Waals surface area (Å²) in [6, 6.07) is 0. The molecule has 300 valence electrons. The minimum Gasteiger partial charge on any atom is -0.462 e. The lowest BCUT2D eigenvalue weighted by atomic mass is 10.0. The lowest BCUT2D eigenvalue weighted by Crippen LogP contribution is -2.30. The number of carbonyl (C=O) groups excluding carboxylic acids is 3. The Morgan fingerprint density at radius 1 is 0.404 bits per heavy atom. The van der Waals surface area contributed by atoms with Gasteiger partial charge in [-0.25, -0.2) is 0 Å². The standard InChI is InChI=1S/C46H80O6/c1-4-7-10-13-16-19-22-25-27-30-33-36-39-45(48)51-42-43(52-46(49)40-37-34-31-28-24-21-18-15-12-9-6-3)41-50-44(47)38-35-32-29-26-23-20-17-14-11-8-5-2/h9,12,14,17-18,21,28,31,43H,4-8,10-11,13,15-16,19-20,22-27,29-30,32-42H2,1-3H3/b12-9-,17-14-,21-18-,31-28-. The highest BCUT2D eigenvalue weighted by Crippen LogP contribution is 2.14. The van der Waals surface area contributed by atoms with E-state index in [2.05, 4.69) is 69.4 Å². The molecule has 0 aromatic rings. The van der Waals surface area contributed by atoms with Gasteiger partial charge in [0.1, 0.15) is 13.2 Å². The van der Waals surface area contributed by atoms with Gasteiger partial charge in [0.05, 0.1) is 0 Å². The van der Waals surface area contributed by atoms with Crippen molar-refractivity contribution in [2.75, 3.05) is 13.2 Å². The van der Waals surface area contributed by atoms with Crippen molar-refractivity contribution in [3.8, 4) is 0 Å². The topological polar surface area (TPSA) is 78.9 Å². The average molecular weight is 729 g/mol. The van der Waals surface area contributed by atoms with Gasteiger partial charge in [-0.3, -0.25) is 14.4 Å². The van der Waals surface area contributed by atoms with Crippen molar-refractivity contribution in [2.24, 2.45) is 0 Å². The van der Waals surface area contributed by atoms with Gasteiger partial charge in [-0.1, -0.05) is 172 Å². The van der Waals surface area contributed by atoms with Crippen molar-refractivity contribution in [1.29, 1.82) is 0 Å². The summed E-state index contributed by atoms with van der Waals surface area (Å²) in [6.07, 6.45) is 46.7. The first-order valence-electron chi connectivity index (χ1n) is 21.6. The molecule has 0 N–H and O–H groups in total. The molecule has 0 bridgehead atoms. The van der Waals surface area contributed by atoms with Crippen molar-refractivity contribution in [3.63, 3.8) is 0 Å². The van der Waals surface area contributed by atoms with E-state index >= 15 is 0 Å². The molecular weight excluding hydrogens is 648 g/mol. The van der Waals surface area contributed by atoms with Crippen LogP contribution in [0.2, 0.25) is 0 Å². The van der Waals surface area contributed by atoms with Crippen LogP contribution >= 0.6 is 0 Å². The minimum absolute atomic E-state index is 0.0946. The molecular formula is C46H80O6. The van der Waals surface area contributed by atoms with Crippen LogP contribution in [0.3, 0.4) is 0 Å². The molecule has 1 unspecified atom stereocenters. The minimum atomic E-state index is -0.796. The highest BCUT2D eigenvalue weighted by molar-refractivity contribution is 5.71. The quantitative estimate of drug-likeness (QED) is 0.0272. The Labute approximate surface area is 320 Å². The van der Waals surface area contributed by atoms with Crippen LogP contribution in [0.15, 0.2) is 48.6 Å². The van der Waals surface area contributed by atoms with Gasteiger partial charge in [-0.05, 0) is 64.2 Å². The lowest BCUT2D eigenvalue weighted by Gasteiger charge is -2.18. The molecule has 1 atom stereocenters. The van der Waals surface area contributed by atoms with Crippen LogP contribution in [0.5, 0.6) is 0 Å². The van der Waals surface area contributed by atoms with Gasteiger partial charge in [-0.15, -0.1) is 0 Å². The second-order valence-electron chi connectivity index (χ2n) is 14.2. The Kier molecular flexibility index (Phi) is 39.1. The molecule has 0 fully saturated rings. The van der Waals surface area contributed by atoms with Crippen molar-refractivity contribution >= 4 is 17.9 Å². The molecule has 0 rings (SSSR count). The highest BCUT2D eigenvalue weighted by atomic mass is 16.6. The Hall–Kier alpha value is -2.63. The largest absolute Gasteiger partial charge is 0.462 e. The molecule has 0 aliphatic heterocycles. The summed E-state index contributed by atoms with van der Waals surface area (Å²) in [6.45, 7) is 6.40. The zero-order valence-electron chi connectivity index (χ0n) is 34.1. The summed E-state index contributed by atoms with van der Waals surface area (Å²) in [5.41, 5.74) is 0. The molecule has 0 spiro atoms. The first-order chi connectivity index (χ1) is 25.5. The zero-order valence-corrected chi connectivity index (χ0v) is 34.1. The summed E-state index contributed by atoms with van der Waals surface area (Å²) in [5, 5.41) is 0. The normalized spacial score (nSPS) is 12.4. The van der Waals surface area contributed by atoms with E-state index in [1.54, 1.807) is 0 Å². The summed E-state index contributed by atoms with van der Waals surface area (Å²) in [5.74, 6) is -0.964. The Morgan fingerprint density at radius 2 is 0.788 bits per heavy atom. The van der Waals surface area contributed by atoms with Crippen molar-refractivity contribution in [1.82, 2.24) is 0 Å². The SMILES string of the molecule is CC/C=C\C/C=C\C/C=C\CCCC(=O)OC(COC(=O)CCCCCCC/C=C\CCCC)COC(=O)CCCCCCCCCCCCCC. The zero-order chi connectivity index (χ0) is 38.0. The van der Waals surface area contributed by atoms with E-state index in [1.165, 1.54) is 89.9 Å². The van der Waals surface area contributed by atoms with E-state index in [9.17, 15) is 14.4 Å². The van der Waals surface area contributed by atoms with Gasteiger partial charge in [0.15, 0.2) is 6.10 Å². The van der Waals surface area contributed by atoms with Gasteiger partial charge in [0, 0.05) is 19.3 Å². The van der Waals surface area contributed by atoms with Gasteiger partial charge in [0.25, 0.3) is 0 Å². The van der Waals surface area contributed by atoms with Gasteiger partial charge in [0.2, 0.25) is 0 Å². The number of hydrogen-bond donors (Lipinski definition) is 0. The summed E-state index contributed by atoms with van der Waals surface area (Å²) >= 11 is 0. The number of ether oxygens (including phenoxy) is 3. The monoisotopic (exact) mass is 729 g/mol. The molecule has 52 heavy (non-hydrogen) atoms. The van der Waals surface area contributed by atoms with Crippen LogP contribution in [0.4, 0.5) is 0 Å². The number of esters is 3.